The van der Waals surface area contributed by atoms with Gasteiger partial charge in [-0.3, -0.25) is 0 Å². The molecule has 1 atom stereocenters. The Morgan fingerprint density at radius 1 is 1.44 bits per heavy atom. The van der Waals surface area contributed by atoms with Crippen LogP contribution in [0.15, 0.2) is 18.2 Å². The summed E-state index contributed by atoms with van der Waals surface area (Å²) in [7, 11) is 1.56. The normalized spacial score (nSPS) is 14.6. The van der Waals surface area contributed by atoms with E-state index < -0.39 is 5.54 Å². The van der Waals surface area contributed by atoms with E-state index >= 15 is 0 Å². The van der Waals surface area contributed by atoms with Crippen LogP contribution in [0.4, 0.5) is 10.1 Å². The maximum absolute atomic E-state index is 13.2. The van der Waals surface area contributed by atoms with Gasteiger partial charge in [0.15, 0.2) is 0 Å². The third-order valence-corrected chi connectivity index (χ3v) is 2.30. The summed E-state index contributed by atoms with van der Waals surface area (Å²) in [6.45, 7) is 3.90. The second-order valence-corrected chi connectivity index (χ2v) is 4.29. The predicted molar refractivity (Wildman–Crippen MR) is 62.1 cm³/mol. The van der Waals surface area contributed by atoms with Gasteiger partial charge in [0.25, 0.3) is 0 Å². The minimum Gasteiger partial charge on any atom is -0.394 e. The molecule has 0 saturated heterocycles. The van der Waals surface area contributed by atoms with Crippen LogP contribution >= 0.6 is 0 Å². The molecule has 2 N–H and O–H groups in total. The molecule has 0 spiro atoms. The molecule has 0 aliphatic heterocycles. The second-order valence-electron chi connectivity index (χ2n) is 4.29. The van der Waals surface area contributed by atoms with E-state index in [-0.39, 0.29) is 12.4 Å². The Hall–Kier alpha value is -1.13. The van der Waals surface area contributed by atoms with Gasteiger partial charge in [0.1, 0.15) is 5.82 Å². The summed E-state index contributed by atoms with van der Waals surface area (Å²) >= 11 is 0. The molecule has 0 aliphatic rings. The molecule has 1 unspecified atom stereocenters. The Balaban J connectivity index is 2.85. The molecule has 0 bridgehead atoms. The van der Waals surface area contributed by atoms with Crippen LogP contribution < -0.4 is 5.32 Å². The Kier molecular flexibility index (Phi) is 4.26. The largest absolute Gasteiger partial charge is 0.394 e. The van der Waals surface area contributed by atoms with Crippen LogP contribution in [0.25, 0.3) is 0 Å². The van der Waals surface area contributed by atoms with Crippen molar-refractivity contribution in [1.29, 1.82) is 0 Å². The topological polar surface area (TPSA) is 41.5 Å². The summed E-state index contributed by atoms with van der Waals surface area (Å²) in [5.41, 5.74) is 0.876. The van der Waals surface area contributed by atoms with E-state index in [1.807, 2.05) is 19.9 Å². The van der Waals surface area contributed by atoms with Crippen molar-refractivity contribution in [3.8, 4) is 0 Å². The number of aliphatic hydroxyl groups excluding tert-OH is 1. The lowest BCUT2D eigenvalue weighted by Gasteiger charge is -2.29. The van der Waals surface area contributed by atoms with Crippen LogP contribution in [-0.2, 0) is 4.74 Å². The lowest BCUT2D eigenvalue weighted by atomic mass is 10.0. The highest BCUT2D eigenvalue weighted by Crippen LogP contribution is 2.18. The fraction of sp³-hybridized carbons (Fsp3) is 0.500. The number of nitrogens with one attached hydrogen (secondary N) is 1. The third kappa shape index (κ3) is 3.47. The molecule has 0 amide bonds. The number of ether oxygens (including phenoxy) is 1. The first-order valence-electron chi connectivity index (χ1n) is 5.14. The van der Waals surface area contributed by atoms with Crippen molar-refractivity contribution in [2.45, 2.75) is 19.4 Å². The number of methoxy groups -OCH3 is 1. The number of hydrogen-bond acceptors (Lipinski definition) is 3. The van der Waals surface area contributed by atoms with Crippen molar-refractivity contribution in [1.82, 2.24) is 0 Å². The van der Waals surface area contributed by atoms with Crippen LogP contribution in [0.1, 0.15) is 12.5 Å². The molecule has 1 aromatic rings. The van der Waals surface area contributed by atoms with Crippen molar-refractivity contribution in [2.75, 3.05) is 25.6 Å². The highest BCUT2D eigenvalue weighted by Gasteiger charge is 2.23. The third-order valence-electron chi connectivity index (χ3n) is 2.30. The fourth-order valence-electron chi connectivity index (χ4n) is 1.60. The van der Waals surface area contributed by atoms with Crippen molar-refractivity contribution in [3.05, 3.63) is 29.6 Å². The smallest absolute Gasteiger partial charge is 0.125 e. The number of rotatable bonds is 5. The minimum atomic E-state index is -0.602. The van der Waals surface area contributed by atoms with Gasteiger partial charge >= 0.3 is 0 Å². The van der Waals surface area contributed by atoms with E-state index in [2.05, 4.69) is 5.32 Å². The SMILES string of the molecule is COCC(C)(CO)Nc1cc(C)cc(F)c1. The van der Waals surface area contributed by atoms with Gasteiger partial charge in [-0.2, -0.15) is 0 Å². The summed E-state index contributed by atoms with van der Waals surface area (Å²) in [6, 6.07) is 4.68. The molecular weight excluding hydrogens is 209 g/mol. The average Bonchev–Trinajstić information content (AvgIpc) is 2.16. The average molecular weight is 227 g/mol. The van der Waals surface area contributed by atoms with Gasteiger partial charge < -0.3 is 15.2 Å². The quantitative estimate of drug-likeness (QED) is 0.807. The Morgan fingerprint density at radius 3 is 2.62 bits per heavy atom. The number of benzene rings is 1. The van der Waals surface area contributed by atoms with E-state index in [1.165, 1.54) is 12.1 Å². The van der Waals surface area contributed by atoms with Crippen LogP contribution in [-0.4, -0.2) is 31.0 Å². The van der Waals surface area contributed by atoms with E-state index in [4.69, 9.17) is 4.74 Å². The first-order chi connectivity index (χ1) is 7.49. The van der Waals surface area contributed by atoms with Gasteiger partial charge in [-0.05, 0) is 37.6 Å². The molecule has 4 heteroatoms. The van der Waals surface area contributed by atoms with Crippen LogP contribution in [0.2, 0.25) is 0 Å². The minimum absolute atomic E-state index is 0.0869. The summed E-state index contributed by atoms with van der Waals surface area (Å²) in [6.07, 6.45) is 0. The zero-order valence-corrected chi connectivity index (χ0v) is 9.88. The zero-order chi connectivity index (χ0) is 12.2. The van der Waals surface area contributed by atoms with Crippen molar-refractivity contribution in [3.63, 3.8) is 0 Å². The molecule has 0 heterocycles. The molecule has 1 rings (SSSR count). The summed E-state index contributed by atoms with van der Waals surface area (Å²) < 4.78 is 18.2. The van der Waals surface area contributed by atoms with E-state index in [9.17, 15) is 9.50 Å². The monoisotopic (exact) mass is 227 g/mol. The lowest BCUT2D eigenvalue weighted by molar-refractivity contribution is 0.108. The Bertz CT molecular complexity index is 337. The molecular formula is C12H18FNO2. The molecule has 3 nitrogen and oxygen atoms in total. The molecule has 16 heavy (non-hydrogen) atoms. The van der Waals surface area contributed by atoms with E-state index in [1.54, 1.807) is 7.11 Å². The molecule has 0 fully saturated rings. The number of anilines is 1. The summed E-state index contributed by atoms with van der Waals surface area (Å²) in [5, 5.41) is 12.4. The van der Waals surface area contributed by atoms with E-state index in [0.29, 0.717) is 12.3 Å². The van der Waals surface area contributed by atoms with Crippen LogP contribution in [0.5, 0.6) is 0 Å². The first-order valence-corrected chi connectivity index (χ1v) is 5.14. The number of hydrogen-bond donors (Lipinski definition) is 2. The van der Waals surface area contributed by atoms with Gasteiger partial charge in [-0.25, -0.2) is 4.39 Å². The lowest BCUT2D eigenvalue weighted by Crippen LogP contribution is -2.43. The zero-order valence-electron chi connectivity index (χ0n) is 9.88. The molecule has 0 radical (unpaired) electrons. The number of aliphatic hydroxyl groups is 1. The van der Waals surface area contributed by atoms with E-state index in [0.717, 1.165) is 5.56 Å². The van der Waals surface area contributed by atoms with Gasteiger partial charge in [-0.1, -0.05) is 0 Å². The summed E-state index contributed by atoms with van der Waals surface area (Å²) in [4.78, 5) is 0. The molecule has 1 aromatic carbocycles. The maximum atomic E-state index is 13.2. The predicted octanol–water partition coefficient (Wildman–Crippen LogP) is 1.94. The van der Waals surface area contributed by atoms with Gasteiger partial charge in [0.2, 0.25) is 0 Å². The highest BCUT2D eigenvalue weighted by atomic mass is 19.1. The van der Waals surface area contributed by atoms with Crippen molar-refractivity contribution >= 4 is 5.69 Å². The molecule has 0 aliphatic carbocycles. The second kappa shape index (κ2) is 5.27. The standard InChI is InChI=1S/C12H18FNO2/c1-9-4-10(13)6-11(5-9)14-12(2,7-15)8-16-3/h4-6,14-15H,7-8H2,1-3H3. The summed E-state index contributed by atoms with van der Waals surface area (Å²) in [5.74, 6) is -0.291. The highest BCUT2D eigenvalue weighted by molar-refractivity contribution is 5.48. The molecule has 90 valence electrons. The number of halogens is 1. The fourth-order valence-corrected chi connectivity index (χ4v) is 1.60. The Morgan fingerprint density at radius 2 is 2.12 bits per heavy atom. The van der Waals surface area contributed by atoms with Crippen molar-refractivity contribution < 1.29 is 14.2 Å². The van der Waals surface area contributed by atoms with Gasteiger partial charge in [-0.15, -0.1) is 0 Å². The first kappa shape index (κ1) is 12.9. The molecule has 0 aromatic heterocycles. The van der Waals surface area contributed by atoms with Gasteiger partial charge in [0.05, 0.1) is 18.8 Å². The number of aryl methyl sites for hydroxylation is 1. The van der Waals surface area contributed by atoms with Crippen molar-refractivity contribution in [2.24, 2.45) is 0 Å². The van der Waals surface area contributed by atoms with Gasteiger partial charge in [0, 0.05) is 12.8 Å². The maximum Gasteiger partial charge on any atom is 0.125 e. The Labute approximate surface area is 95.2 Å². The van der Waals surface area contributed by atoms with Crippen LogP contribution in [0, 0.1) is 12.7 Å². The van der Waals surface area contributed by atoms with Crippen LogP contribution in [0.3, 0.4) is 0 Å². The molecule has 0 saturated carbocycles.